The van der Waals surface area contributed by atoms with E-state index in [0.717, 1.165) is 17.7 Å². The van der Waals surface area contributed by atoms with Gasteiger partial charge in [0.15, 0.2) is 0 Å². The lowest BCUT2D eigenvalue weighted by Crippen LogP contribution is -2.28. The van der Waals surface area contributed by atoms with Gasteiger partial charge >= 0.3 is 5.97 Å². The smallest absolute Gasteiger partial charge is 0.335 e. The summed E-state index contributed by atoms with van der Waals surface area (Å²) in [5.74, 6) is -1.02. The quantitative estimate of drug-likeness (QED) is 0.866. The minimum absolute atomic E-state index is 0.0353. The van der Waals surface area contributed by atoms with E-state index in [2.05, 4.69) is 5.32 Å². The van der Waals surface area contributed by atoms with E-state index in [1.54, 1.807) is 12.1 Å². The van der Waals surface area contributed by atoms with Crippen molar-refractivity contribution in [2.24, 2.45) is 0 Å². The number of anilines is 1. The minimum atomic E-state index is -0.984. The fourth-order valence-electron chi connectivity index (χ4n) is 1.74. The number of carboxylic acid groups (broad SMARTS) is 1. The summed E-state index contributed by atoms with van der Waals surface area (Å²) in [6, 6.07) is 4.82. The van der Waals surface area contributed by atoms with Crippen LogP contribution in [0.25, 0.3) is 0 Å². The number of thioether (sulfide) groups is 1. The van der Waals surface area contributed by atoms with Crippen molar-refractivity contribution < 1.29 is 14.7 Å². The van der Waals surface area contributed by atoms with Crippen molar-refractivity contribution in [3.63, 3.8) is 0 Å². The summed E-state index contributed by atoms with van der Waals surface area (Å²) in [5, 5.41) is 11.6. The molecule has 1 atom stereocenters. The van der Waals surface area contributed by atoms with E-state index >= 15 is 0 Å². The topological polar surface area (TPSA) is 66.4 Å². The lowest BCUT2D eigenvalue weighted by Gasteiger charge is -2.23. The van der Waals surface area contributed by atoms with Crippen LogP contribution in [0.3, 0.4) is 0 Å². The maximum atomic E-state index is 11.7. The third-order valence-corrected chi connectivity index (χ3v) is 3.94. The Kier molecular flexibility index (Phi) is 3.38. The zero-order chi connectivity index (χ0) is 12.4. The second-order valence-electron chi connectivity index (χ2n) is 3.90. The van der Waals surface area contributed by atoms with Crippen LogP contribution in [0.4, 0.5) is 5.69 Å². The van der Waals surface area contributed by atoms with Gasteiger partial charge in [0.2, 0.25) is 5.91 Å². The molecule has 1 unspecified atom stereocenters. The first-order chi connectivity index (χ1) is 8.11. The third-order valence-electron chi connectivity index (χ3n) is 2.60. The molecule has 2 N–H and O–H groups in total. The average Bonchev–Trinajstić information content (AvgIpc) is 2.29. The first-order valence-corrected chi connectivity index (χ1v) is 6.34. The number of nitrogens with one attached hydrogen (secondary N) is 1. The van der Waals surface area contributed by atoms with Crippen LogP contribution in [0, 0.1) is 0 Å². The van der Waals surface area contributed by atoms with Crippen molar-refractivity contribution >= 4 is 29.3 Å². The molecule has 2 rings (SSSR count). The number of hydrogen-bond acceptors (Lipinski definition) is 3. The molecule has 17 heavy (non-hydrogen) atoms. The van der Waals surface area contributed by atoms with Crippen molar-refractivity contribution in [3.05, 3.63) is 23.8 Å². The molecule has 0 radical (unpaired) electrons. The maximum absolute atomic E-state index is 11.7. The van der Waals surface area contributed by atoms with Crippen LogP contribution in [0.1, 0.15) is 30.1 Å². The number of carboxylic acids is 1. The summed E-state index contributed by atoms with van der Waals surface area (Å²) >= 11 is 1.51. The van der Waals surface area contributed by atoms with Gasteiger partial charge in [0, 0.05) is 4.90 Å². The Bertz CT molecular complexity index is 473. The summed E-state index contributed by atoms with van der Waals surface area (Å²) in [7, 11) is 0. The predicted octanol–water partition coefficient (Wildman–Crippen LogP) is 2.60. The van der Waals surface area contributed by atoms with Crippen LogP contribution < -0.4 is 5.32 Å². The number of aromatic carboxylic acids is 1. The first kappa shape index (κ1) is 12.0. The highest BCUT2D eigenvalue weighted by Gasteiger charge is 2.26. The fraction of sp³-hybridized carbons (Fsp3) is 0.333. The van der Waals surface area contributed by atoms with E-state index in [0.29, 0.717) is 5.69 Å². The van der Waals surface area contributed by atoms with Crippen LogP contribution >= 0.6 is 11.8 Å². The average molecular weight is 251 g/mol. The Labute approximate surface area is 103 Å². The number of benzene rings is 1. The zero-order valence-electron chi connectivity index (χ0n) is 9.40. The van der Waals surface area contributed by atoms with Crippen LogP contribution in [0.5, 0.6) is 0 Å². The molecule has 0 fully saturated rings. The van der Waals surface area contributed by atoms with E-state index in [4.69, 9.17) is 5.11 Å². The molecule has 90 valence electrons. The zero-order valence-corrected chi connectivity index (χ0v) is 10.2. The lowest BCUT2D eigenvalue weighted by molar-refractivity contribution is -0.115. The van der Waals surface area contributed by atoms with E-state index in [1.165, 1.54) is 17.8 Å². The molecule has 0 bridgehead atoms. The number of rotatable bonds is 3. The highest BCUT2D eigenvalue weighted by Crippen LogP contribution is 2.37. The van der Waals surface area contributed by atoms with Gasteiger partial charge in [-0.3, -0.25) is 4.79 Å². The number of hydrogen-bond donors (Lipinski definition) is 2. The van der Waals surface area contributed by atoms with Gasteiger partial charge in [-0.15, -0.1) is 11.8 Å². The minimum Gasteiger partial charge on any atom is -0.478 e. The van der Waals surface area contributed by atoms with Crippen molar-refractivity contribution in [1.29, 1.82) is 0 Å². The van der Waals surface area contributed by atoms with Gasteiger partial charge in [0.05, 0.1) is 16.5 Å². The summed E-state index contributed by atoms with van der Waals surface area (Å²) in [6.45, 7) is 2.04. The molecule has 1 aromatic carbocycles. The van der Waals surface area contributed by atoms with Gasteiger partial charge in [-0.05, 0) is 24.6 Å². The molecule has 1 heterocycles. The van der Waals surface area contributed by atoms with Gasteiger partial charge in [-0.2, -0.15) is 0 Å². The Balaban J connectivity index is 2.28. The summed E-state index contributed by atoms with van der Waals surface area (Å²) in [6.07, 6.45) is 1.78. The van der Waals surface area contributed by atoms with Gasteiger partial charge < -0.3 is 10.4 Å². The fourth-order valence-corrected chi connectivity index (χ4v) is 2.95. The lowest BCUT2D eigenvalue weighted by atomic mass is 10.2. The molecule has 1 aromatic rings. The Morgan fingerprint density at radius 2 is 2.29 bits per heavy atom. The molecular weight excluding hydrogens is 238 g/mol. The molecule has 1 aliphatic rings. The molecule has 0 saturated carbocycles. The van der Waals surface area contributed by atoms with Crippen LogP contribution in [0.2, 0.25) is 0 Å². The highest BCUT2D eigenvalue weighted by atomic mass is 32.2. The molecule has 1 amide bonds. The number of fused-ring (bicyclic) bond motifs is 1. The monoisotopic (exact) mass is 251 g/mol. The molecule has 0 aromatic heterocycles. The predicted molar refractivity (Wildman–Crippen MR) is 66.6 cm³/mol. The van der Waals surface area contributed by atoms with Crippen molar-refractivity contribution in [1.82, 2.24) is 0 Å². The van der Waals surface area contributed by atoms with Crippen molar-refractivity contribution in [2.75, 3.05) is 5.32 Å². The van der Waals surface area contributed by atoms with E-state index < -0.39 is 5.97 Å². The third kappa shape index (κ3) is 2.44. The molecule has 0 spiro atoms. The highest BCUT2D eigenvalue weighted by molar-refractivity contribution is 8.01. The first-order valence-electron chi connectivity index (χ1n) is 5.46. The summed E-state index contributed by atoms with van der Waals surface area (Å²) in [5.41, 5.74) is 0.797. The standard InChI is InChI=1S/C12H13NO3S/c1-2-3-10-11(14)13-8-6-7(12(15)16)4-5-9(8)17-10/h4-6,10H,2-3H2,1H3,(H,13,14)(H,15,16). The molecule has 0 aliphatic carbocycles. The Morgan fingerprint density at radius 3 is 2.94 bits per heavy atom. The van der Waals surface area contributed by atoms with Gasteiger partial charge in [0.1, 0.15) is 0 Å². The van der Waals surface area contributed by atoms with E-state index in [9.17, 15) is 9.59 Å². The van der Waals surface area contributed by atoms with Gasteiger partial charge in [-0.1, -0.05) is 13.3 Å². The Morgan fingerprint density at radius 1 is 1.53 bits per heavy atom. The van der Waals surface area contributed by atoms with Gasteiger partial charge in [-0.25, -0.2) is 4.79 Å². The number of carbonyl (C=O) groups is 2. The maximum Gasteiger partial charge on any atom is 0.335 e. The molecule has 4 nitrogen and oxygen atoms in total. The molecule has 5 heteroatoms. The number of amides is 1. The molecule has 1 aliphatic heterocycles. The van der Waals surface area contributed by atoms with Crippen molar-refractivity contribution in [2.45, 2.75) is 29.9 Å². The second-order valence-corrected chi connectivity index (χ2v) is 5.15. The van der Waals surface area contributed by atoms with E-state index in [-0.39, 0.29) is 16.7 Å². The molecule has 0 saturated heterocycles. The molecular formula is C12H13NO3S. The number of carbonyl (C=O) groups excluding carboxylic acids is 1. The largest absolute Gasteiger partial charge is 0.478 e. The van der Waals surface area contributed by atoms with E-state index in [1.807, 2.05) is 6.92 Å². The van der Waals surface area contributed by atoms with Crippen LogP contribution in [0.15, 0.2) is 23.1 Å². The van der Waals surface area contributed by atoms with Gasteiger partial charge in [0.25, 0.3) is 0 Å². The normalized spacial score (nSPS) is 18.4. The van der Waals surface area contributed by atoms with Crippen LogP contribution in [-0.4, -0.2) is 22.2 Å². The van der Waals surface area contributed by atoms with Crippen molar-refractivity contribution in [3.8, 4) is 0 Å². The second kappa shape index (κ2) is 4.79. The summed E-state index contributed by atoms with van der Waals surface area (Å²) in [4.78, 5) is 23.5. The van der Waals surface area contributed by atoms with Crippen LogP contribution in [-0.2, 0) is 4.79 Å². The Hall–Kier alpha value is -1.49. The summed E-state index contributed by atoms with van der Waals surface area (Å²) < 4.78 is 0. The SMILES string of the molecule is CCCC1Sc2ccc(C(=O)O)cc2NC1=O.